The highest BCUT2D eigenvalue weighted by Gasteiger charge is 2.29. The van der Waals surface area contributed by atoms with Gasteiger partial charge in [-0.15, -0.1) is 0 Å². The van der Waals surface area contributed by atoms with Crippen molar-refractivity contribution in [3.63, 3.8) is 0 Å². The highest BCUT2D eigenvalue weighted by Crippen LogP contribution is 2.22. The lowest BCUT2D eigenvalue weighted by atomic mass is 10.3. The number of rotatable bonds is 3. The fraction of sp³-hybridized carbons (Fsp3) is 0.267. The maximum Gasteiger partial charge on any atom is 0.243 e. The summed E-state index contributed by atoms with van der Waals surface area (Å²) in [6.45, 7) is 1.51. The Hall–Kier alpha value is -2.06. The predicted molar refractivity (Wildman–Crippen MR) is 81.6 cm³/mol. The number of sulfonamides is 1. The van der Waals surface area contributed by atoms with Crippen LogP contribution in [0.1, 0.15) is 0 Å². The van der Waals surface area contributed by atoms with Crippen molar-refractivity contribution in [3.8, 4) is 0 Å². The highest BCUT2D eigenvalue weighted by molar-refractivity contribution is 7.89. The quantitative estimate of drug-likeness (QED) is 0.857. The summed E-state index contributed by atoms with van der Waals surface area (Å²) in [6.07, 6.45) is 3.35. The van der Waals surface area contributed by atoms with Gasteiger partial charge in [0.25, 0.3) is 0 Å². The standard InChI is InChI=1S/C15H15F2N3O2S/c16-12-9-13(17)11-15(10-12)23(21,22)20-7-5-19(6-8-20)14-1-3-18-4-2-14/h1-4,9-11H,5-8H2. The van der Waals surface area contributed by atoms with Gasteiger partial charge in [0.1, 0.15) is 11.6 Å². The summed E-state index contributed by atoms with van der Waals surface area (Å²) >= 11 is 0. The Labute approximate surface area is 133 Å². The minimum absolute atomic E-state index is 0.253. The van der Waals surface area contributed by atoms with E-state index < -0.39 is 21.7 Å². The van der Waals surface area contributed by atoms with Crippen LogP contribution < -0.4 is 4.90 Å². The van der Waals surface area contributed by atoms with E-state index in [2.05, 4.69) is 4.98 Å². The van der Waals surface area contributed by atoms with E-state index in [1.807, 2.05) is 17.0 Å². The van der Waals surface area contributed by atoms with Gasteiger partial charge in [0, 0.05) is 50.3 Å². The molecule has 0 aliphatic carbocycles. The summed E-state index contributed by atoms with van der Waals surface area (Å²) in [5.41, 5.74) is 0.967. The van der Waals surface area contributed by atoms with Crippen molar-refractivity contribution in [2.45, 2.75) is 4.90 Å². The van der Waals surface area contributed by atoms with E-state index in [9.17, 15) is 17.2 Å². The van der Waals surface area contributed by atoms with Crippen LogP contribution in [0.5, 0.6) is 0 Å². The Morgan fingerprint density at radius 3 is 2.04 bits per heavy atom. The van der Waals surface area contributed by atoms with E-state index in [-0.39, 0.29) is 18.0 Å². The molecule has 5 nitrogen and oxygen atoms in total. The van der Waals surface area contributed by atoms with Gasteiger partial charge in [-0.25, -0.2) is 17.2 Å². The first-order chi connectivity index (χ1) is 11.0. The second-order valence-electron chi connectivity index (χ2n) is 5.20. The maximum absolute atomic E-state index is 13.3. The topological polar surface area (TPSA) is 53.5 Å². The normalized spacial score (nSPS) is 16.5. The molecule has 2 heterocycles. The Balaban J connectivity index is 1.76. The van der Waals surface area contributed by atoms with E-state index in [0.717, 1.165) is 17.8 Å². The minimum atomic E-state index is -3.90. The number of nitrogens with zero attached hydrogens (tertiary/aromatic N) is 3. The van der Waals surface area contributed by atoms with Gasteiger partial charge in [-0.3, -0.25) is 4.98 Å². The van der Waals surface area contributed by atoms with Crippen molar-refractivity contribution in [3.05, 3.63) is 54.4 Å². The van der Waals surface area contributed by atoms with Gasteiger partial charge >= 0.3 is 0 Å². The van der Waals surface area contributed by atoms with Gasteiger partial charge in [-0.2, -0.15) is 4.31 Å². The molecular formula is C15H15F2N3O2S. The van der Waals surface area contributed by atoms with Crippen LogP contribution in [0.3, 0.4) is 0 Å². The van der Waals surface area contributed by atoms with Crippen LogP contribution >= 0.6 is 0 Å². The Morgan fingerprint density at radius 2 is 1.48 bits per heavy atom. The van der Waals surface area contributed by atoms with Crippen LogP contribution in [-0.4, -0.2) is 43.9 Å². The van der Waals surface area contributed by atoms with Gasteiger partial charge < -0.3 is 4.90 Å². The smallest absolute Gasteiger partial charge is 0.243 e. The number of halogens is 2. The van der Waals surface area contributed by atoms with Crippen molar-refractivity contribution >= 4 is 15.7 Å². The first-order valence-corrected chi connectivity index (χ1v) is 8.52. The van der Waals surface area contributed by atoms with Gasteiger partial charge in [0.15, 0.2) is 0 Å². The first-order valence-electron chi connectivity index (χ1n) is 7.08. The third kappa shape index (κ3) is 3.32. The largest absolute Gasteiger partial charge is 0.369 e. The van der Waals surface area contributed by atoms with Crippen LogP contribution in [-0.2, 0) is 10.0 Å². The molecule has 0 atom stereocenters. The lowest BCUT2D eigenvalue weighted by Crippen LogP contribution is -2.48. The summed E-state index contributed by atoms with van der Waals surface area (Å²) in [5, 5.41) is 0. The van der Waals surface area contributed by atoms with Crippen LogP contribution in [0.2, 0.25) is 0 Å². The van der Waals surface area contributed by atoms with E-state index in [1.54, 1.807) is 12.4 Å². The Morgan fingerprint density at radius 1 is 0.913 bits per heavy atom. The summed E-state index contributed by atoms with van der Waals surface area (Å²) in [4.78, 5) is 5.63. The second kappa shape index (κ2) is 6.21. The van der Waals surface area contributed by atoms with Crippen molar-refractivity contribution in [1.29, 1.82) is 0 Å². The molecular weight excluding hydrogens is 324 g/mol. The van der Waals surface area contributed by atoms with Crippen LogP contribution in [0, 0.1) is 11.6 Å². The van der Waals surface area contributed by atoms with Gasteiger partial charge in [-0.05, 0) is 24.3 Å². The van der Waals surface area contributed by atoms with Gasteiger partial charge in [0.2, 0.25) is 10.0 Å². The molecule has 1 aliphatic heterocycles. The maximum atomic E-state index is 13.3. The van der Waals surface area contributed by atoms with Crippen molar-refractivity contribution < 1.29 is 17.2 Å². The molecule has 122 valence electrons. The highest BCUT2D eigenvalue weighted by atomic mass is 32.2. The van der Waals surface area contributed by atoms with Gasteiger partial charge in [-0.1, -0.05) is 0 Å². The molecule has 0 radical (unpaired) electrons. The fourth-order valence-corrected chi connectivity index (χ4v) is 4.03. The number of benzene rings is 1. The van der Waals surface area contributed by atoms with E-state index in [4.69, 9.17) is 0 Å². The predicted octanol–water partition coefficient (Wildman–Crippen LogP) is 1.87. The van der Waals surface area contributed by atoms with Gasteiger partial charge in [0.05, 0.1) is 4.90 Å². The molecule has 1 fully saturated rings. The fourth-order valence-electron chi connectivity index (χ4n) is 2.57. The molecule has 1 saturated heterocycles. The van der Waals surface area contributed by atoms with Crippen LogP contribution in [0.4, 0.5) is 14.5 Å². The second-order valence-corrected chi connectivity index (χ2v) is 7.14. The molecule has 0 unspecified atom stereocenters. The molecule has 23 heavy (non-hydrogen) atoms. The Bertz CT molecular complexity index is 771. The monoisotopic (exact) mass is 339 g/mol. The molecule has 2 aromatic rings. The van der Waals surface area contributed by atoms with Crippen molar-refractivity contribution in [2.75, 3.05) is 31.1 Å². The summed E-state index contributed by atoms with van der Waals surface area (Å²) in [5.74, 6) is -1.81. The first kappa shape index (κ1) is 15.8. The number of pyridine rings is 1. The number of hydrogen-bond acceptors (Lipinski definition) is 4. The molecule has 8 heteroatoms. The average molecular weight is 339 g/mol. The molecule has 1 aromatic carbocycles. The molecule has 1 aliphatic rings. The van der Waals surface area contributed by atoms with Crippen molar-refractivity contribution in [2.24, 2.45) is 0 Å². The van der Waals surface area contributed by atoms with Crippen molar-refractivity contribution in [1.82, 2.24) is 9.29 Å². The third-order valence-corrected chi connectivity index (χ3v) is 5.62. The molecule has 0 spiro atoms. The van der Waals surface area contributed by atoms with Crippen LogP contribution in [0.15, 0.2) is 47.6 Å². The molecule has 0 N–H and O–H groups in total. The summed E-state index contributed by atoms with van der Waals surface area (Å²) in [7, 11) is -3.90. The minimum Gasteiger partial charge on any atom is -0.369 e. The molecule has 0 saturated carbocycles. The zero-order valence-electron chi connectivity index (χ0n) is 12.2. The Kier molecular flexibility index (Phi) is 4.27. The third-order valence-electron chi connectivity index (χ3n) is 3.74. The average Bonchev–Trinajstić information content (AvgIpc) is 2.55. The number of aromatic nitrogens is 1. The lowest BCUT2D eigenvalue weighted by Gasteiger charge is -2.35. The molecule has 0 bridgehead atoms. The number of hydrogen-bond donors (Lipinski definition) is 0. The SMILES string of the molecule is O=S(=O)(c1cc(F)cc(F)c1)N1CCN(c2ccncc2)CC1. The number of piperazine rings is 1. The molecule has 1 aromatic heterocycles. The molecule has 0 amide bonds. The summed E-state index contributed by atoms with van der Waals surface area (Å²) < 4.78 is 52.8. The zero-order chi connectivity index (χ0) is 16.4. The zero-order valence-corrected chi connectivity index (χ0v) is 13.0. The van der Waals surface area contributed by atoms with E-state index in [0.29, 0.717) is 19.2 Å². The lowest BCUT2D eigenvalue weighted by molar-refractivity contribution is 0.384. The van der Waals surface area contributed by atoms with E-state index in [1.165, 1.54) is 4.31 Å². The summed E-state index contributed by atoms with van der Waals surface area (Å²) in [6, 6.07) is 6.04. The van der Waals surface area contributed by atoms with E-state index >= 15 is 0 Å². The number of anilines is 1. The van der Waals surface area contributed by atoms with Crippen LogP contribution in [0.25, 0.3) is 0 Å². The molecule has 3 rings (SSSR count).